The third-order valence-electron chi connectivity index (χ3n) is 4.52. The van der Waals surface area contributed by atoms with Crippen molar-refractivity contribution in [3.05, 3.63) is 18.2 Å². The van der Waals surface area contributed by atoms with Gasteiger partial charge in [-0.2, -0.15) is 0 Å². The zero-order valence-electron chi connectivity index (χ0n) is 13.7. The van der Waals surface area contributed by atoms with Crippen LogP contribution in [-0.4, -0.2) is 69.4 Å². The Morgan fingerprint density at radius 1 is 1.29 bits per heavy atom. The number of rotatable bonds is 5. The lowest BCUT2D eigenvalue weighted by Gasteiger charge is -2.34. The lowest BCUT2D eigenvalue weighted by Crippen LogP contribution is -2.48. The lowest BCUT2D eigenvalue weighted by molar-refractivity contribution is -0.133. The number of nitrogens with one attached hydrogen (secondary N) is 2. The fraction of sp³-hybridized carbons (Fsp3) is 0.600. The number of nitrogens with zero attached hydrogens (tertiary/aromatic N) is 4. The largest absolute Gasteiger partial charge is 0.340 e. The number of piperazine rings is 1. The van der Waals surface area contributed by atoms with E-state index >= 15 is 0 Å². The number of imidazole rings is 1. The van der Waals surface area contributed by atoms with E-state index in [0.717, 1.165) is 25.5 Å². The summed E-state index contributed by atoms with van der Waals surface area (Å²) in [5.41, 5.74) is 0. The zero-order valence-corrected chi connectivity index (χ0v) is 13.7. The Hall–Kier alpha value is -2.42. The second-order valence-electron chi connectivity index (χ2n) is 6.17. The summed E-state index contributed by atoms with van der Waals surface area (Å²) in [5, 5.41) is 4.68. The standard InChI is InChI=1S/C15H22N6O3/c1-19-5-4-16-12(19)10-20-6-8-21(9-7-20)13(22)3-2-11-14(23)18-15(24)17-11/h4-5,11H,2-3,6-10H2,1H3,(H2,17,18,23,24)/t11-/m0/s1. The molecule has 0 bridgehead atoms. The molecule has 0 saturated carbocycles. The highest BCUT2D eigenvalue weighted by molar-refractivity contribution is 6.04. The minimum absolute atomic E-state index is 0.0283. The number of carbonyl (C=O) groups is 3. The summed E-state index contributed by atoms with van der Waals surface area (Å²) in [4.78, 5) is 43.2. The van der Waals surface area contributed by atoms with Crippen molar-refractivity contribution in [2.24, 2.45) is 7.05 Å². The molecule has 0 radical (unpaired) electrons. The fourth-order valence-corrected chi connectivity index (χ4v) is 2.99. The maximum atomic E-state index is 12.3. The van der Waals surface area contributed by atoms with E-state index in [4.69, 9.17) is 0 Å². The van der Waals surface area contributed by atoms with Gasteiger partial charge in [-0.1, -0.05) is 0 Å². The first-order valence-corrected chi connectivity index (χ1v) is 8.10. The quantitative estimate of drug-likeness (QED) is 0.677. The van der Waals surface area contributed by atoms with Crippen LogP contribution in [0.15, 0.2) is 12.4 Å². The Morgan fingerprint density at radius 2 is 2.04 bits per heavy atom. The van der Waals surface area contributed by atoms with Crippen LogP contribution in [0.25, 0.3) is 0 Å². The molecule has 2 fully saturated rings. The third kappa shape index (κ3) is 3.73. The van der Waals surface area contributed by atoms with Crippen LogP contribution in [0.2, 0.25) is 0 Å². The monoisotopic (exact) mass is 334 g/mol. The SMILES string of the molecule is Cn1ccnc1CN1CCN(C(=O)CC[C@@H]2NC(=O)NC2=O)CC1. The van der Waals surface area contributed by atoms with Crippen molar-refractivity contribution in [1.82, 2.24) is 30.0 Å². The van der Waals surface area contributed by atoms with E-state index in [-0.39, 0.29) is 18.2 Å². The Bertz CT molecular complexity index is 635. The van der Waals surface area contributed by atoms with Gasteiger partial charge in [0, 0.05) is 52.0 Å². The van der Waals surface area contributed by atoms with Crippen LogP contribution in [0.3, 0.4) is 0 Å². The maximum Gasteiger partial charge on any atom is 0.322 e. The molecule has 0 aliphatic carbocycles. The molecule has 1 atom stereocenters. The Balaban J connectivity index is 1.41. The van der Waals surface area contributed by atoms with Gasteiger partial charge in [0.1, 0.15) is 11.9 Å². The van der Waals surface area contributed by atoms with Crippen molar-refractivity contribution in [3.8, 4) is 0 Å². The number of urea groups is 1. The highest BCUT2D eigenvalue weighted by atomic mass is 16.2. The van der Waals surface area contributed by atoms with Gasteiger partial charge in [0.05, 0.1) is 6.54 Å². The van der Waals surface area contributed by atoms with Crippen molar-refractivity contribution in [3.63, 3.8) is 0 Å². The number of amides is 4. The van der Waals surface area contributed by atoms with Crippen LogP contribution >= 0.6 is 0 Å². The van der Waals surface area contributed by atoms with Gasteiger partial charge in [-0.05, 0) is 6.42 Å². The van der Waals surface area contributed by atoms with Crippen molar-refractivity contribution in [1.29, 1.82) is 0 Å². The second-order valence-corrected chi connectivity index (χ2v) is 6.17. The van der Waals surface area contributed by atoms with E-state index in [0.29, 0.717) is 19.5 Å². The summed E-state index contributed by atoms with van der Waals surface area (Å²) in [7, 11) is 1.97. The molecule has 3 rings (SSSR count). The van der Waals surface area contributed by atoms with E-state index in [1.807, 2.05) is 22.7 Å². The van der Waals surface area contributed by atoms with Crippen molar-refractivity contribution < 1.29 is 14.4 Å². The van der Waals surface area contributed by atoms with Crippen LogP contribution in [0.4, 0.5) is 4.79 Å². The second kappa shape index (κ2) is 7.00. The van der Waals surface area contributed by atoms with Gasteiger partial charge in [0.15, 0.2) is 0 Å². The predicted molar refractivity (Wildman–Crippen MR) is 84.8 cm³/mol. The van der Waals surface area contributed by atoms with Crippen molar-refractivity contribution in [2.75, 3.05) is 26.2 Å². The molecule has 1 aromatic rings. The number of imide groups is 1. The summed E-state index contributed by atoms with van der Waals surface area (Å²) < 4.78 is 2.00. The molecule has 1 aromatic heterocycles. The van der Waals surface area contributed by atoms with Crippen LogP contribution < -0.4 is 10.6 Å². The lowest BCUT2D eigenvalue weighted by atomic mass is 10.1. The first-order chi connectivity index (χ1) is 11.5. The molecule has 9 nitrogen and oxygen atoms in total. The summed E-state index contributed by atoms with van der Waals surface area (Å²) in [5.74, 6) is 0.686. The highest BCUT2D eigenvalue weighted by Gasteiger charge is 2.30. The minimum atomic E-state index is -0.592. The average molecular weight is 334 g/mol. The minimum Gasteiger partial charge on any atom is -0.340 e. The molecular weight excluding hydrogens is 312 g/mol. The number of aryl methyl sites for hydroxylation is 1. The molecule has 4 amide bonds. The third-order valence-corrected chi connectivity index (χ3v) is 4.52. The fourth-order valence-electron chi connectivity index (χ4n) is 2.99. The van der Waals surface area contributed by atoms with Gasteiger partial charge in [-0.3, -0.25) is 19.8 Å². The van der Waals surface area contributed by atoms with Crippen LogP contribution in [0, 0.1) is 0 Å². The molecule has 2 saturated heterocycles. The van der Waals surface area contributed by atoms with E-state index in [9.17, 15) is 14.4 Å². The van der Waals surface area contributed by atoms with Gasteiger partial charge in [-0.15, -0.1) is 0 Å². The Kier molecular flexibility index (Phi) is 4.79. The maximum absolute atomic E-state index is 12.3. The summed E-state index contributed by atoms with van der Waals surface area (Å²) >= 11 is 0. The normalized spacial score (nSPS) is 21.7. The van der Waals surface area contributed by atoms with E-state index in [1.165, 1.54) is 0 Å². The van der Waals surface area contributed by atoms with Gasteiger partial charge >= 0.3 is 6.03 Å². The molecule has 9 heteroatoms. The number of hydrogen-bond acceptors (Lipinski definition) is 5. The van der Waals surface area contributed by atoms with Gasteiger partial charge in [0.25, 0.3) is 5.91 Å². The zero-order chi connectivity index (χ0) is 17.1. The predicted octanol–water partition coefficient (Wildman–Crippen LogP) is -0.947. The smallest absolute Gasteiger partial charge is 0.322 e. The van der Waals surface area contributed by atoms with Crippen LogP contribution in [-0.2, 0) is 23.2 Å². The molecule has 0 spiro atoms. The summed E-state index contributed by atoms with van der Waals surface area (Å²) in [6, 6.07) is -1.08. The molecular formula is C15H22N6O3. The number of aromatic nitrogens is 2. The topological polar surface area (TPSA) is 99.6 Å². The van der Waals surface area contributed by atoms with Gasteiger partial charge in [0.2, 0.25) is 5.91 Å². The Labute approximate surface area is 140 Å². The Morgan fingerprint density at radius 3 is 2.62 bits per heavy atom. The number of hydrogen-bond donors (Lipinski definition) is 2. The van der Waals surface area contributed by atoms with Gasteiger partial charge in [-0.25, -0.2) is 9.78 Å². The van der Waals surface area contributed by atoms with Crippen molar-refractivity contribution >= 4 is 17.8 Å². The molecule has 2 aliphatic rings. The molecule has 24 heavy (non-hydrogen) atoms. The molecule has 130 valence electrons. The summed E-state index contributed by atoms with van der Waals surface area (Å²) in [6.45, 7) is 3.73. The molecule has 0 unspecified atom stereocenters. The molecule has 0 aromatic carbocycles. The highest BCUT2D eigenvalue weighted by Crippen LogP contribution is 2.10. The molecule has 2 N–H and O–H groups in total. The van der Waals surface area contributed by atoms with E-state index in [2.05, 4.69) is 20.5 Å². The summed E-state index contributed by atoms with van der Waals surface area (Å²) in [6.07, 6.45) is 4.31. The molecule has 3 heterocycles. The van der Waals surface area contributed by atoms with Crippen LogP contribution in [0.5, 0.6) is 0 Å². The van der Waals surface area contributed by atoms with Crippen LogP contribution in [0.1, 0.15) is 18.7 Å². The number of carbonyl (C=O) groups excluding carboxylic acids is 3. The van der Waals surface area contributed by atoms with E-state index < -0.39 is 12.1 Å². The van der Waals surface area contributed by atoms with E-state index in [1.54, 1.807) is 6.20 Å². The molecule has 2 aliphatic heterocycles. The van der Waals surface area contributed by atoms with Gasteiger partial charge < -0.3 is 14.8 Å². The first-order valence-electron chi connectivity index (χ1n) is 8.10. The first kappa shape index (κ1) is 16.4. The average Bonchev–Trinajstić information content (AvgIpc) is 3.11. The van der Waals surface area contributed by atoms with Crippen molar-refractivity contribution in [2.45, 2.75) is 25.4 Å².